The molecule has 2 rings (SSSR count). The topological polar surface area (TPSA) is 111 Å². The van der Waals surface area contributed by atoms with E-state index in [1.165, 1.54) is 6.42 Å². The molecule has 0 heterocycles. The molecule has 1 radical (unpaired) electrons. The molecule has 0 saturated carbocycles. The summed E-state index contributed by atoms with van der Waals surface area (Å²) in [6, 6.07) is 16.6. The molecule has 0 spiro atoms. The van der Waals surface area contributed by atoms with Crippen molar-refractivity contribution in [2.75, 3.05) is 0 Å². The summed E-state index contributed by atoms with van der Waals surface area (Å²) in [5, 5.41) is 5.75. The van der Waals surface area contributed by atoms with Crippen LogP contribution in [0.15, 0.2) is 54.6 Å². The molecule has 0 saturated heterocycles. The first-order chi connectivity index (χ1) is 16.2. The molecule has 0 aliphatic heterocycles. The molecule has 2 aromatic rings. The Labute approximate surface area is 202 Å². The van der Waals surface area contributed by atoms with E-state index in [0.717, 1.165) is 16.9 Å². The van der Waals surface area contributed by atoms with E-state index < -0.39 is 23.8 Å². The number of amides is 3. The summed E-state index contributed by atoms with van der Waals surface area (Å²) in [5.74, 6) is -0.617. The van der Waals surface area contributed by atoms with E-state index in [-0.39, 0.29) is 24.3 Å². The third-order valence-corrected chi connectivity index (χ3v) is 5.76. The number of hydrogen-bond acceptors (Lipinski definition) is 4. The maximum atomic E-state index is 12.9. The van der Waals surface area contributed by atoms with Crippen LogP contribution in [0, 0.1) is 18.3 Å². The van der Waals surface area contributed by atoms with Gasteiger partial charge in [-0.25, -0.2) is 0 Å². The van der Waals surface area contributed by atoms with Gasteiger partial charge in [0.05, 0.1) is 6.42 Å². The highest BCUT2D eigenvalue weighted by molar-refractivity contribution is 5.92. The molecule has 3 atom stereocenters. The number of ether oxygens (including phenoxy) is 1. The lowest BCUT2D eigenvalue weighted by Gasteiger charge is -2.23. The van der Waals surface area contributed by atoms with Crippen LogP contribution in [0.4, 0.5) is 0 Å². The zero-order valence-corrected chi connectivity index (χ0v) is 20.4. The quantitative estimate of drug-likeness (QED) is 0.421. The molecular weight excluding hydrogens is 430 g/mol. The van der Waals surface area contributed by atoms with Gasteiger partial charge in [-0.1, -0.05) is 63.2 Å². The van der Waals surface area contributed by atoms with Crippen LogP contribution in [-0.4, -0.2) is 29.8 Å². The summed E-state index contributed by atoms with van der Waals surface area (Å²) < 4.78 is 5.82. The average Bonchev–Trinajstić information content (AvgIpc) is 2.82. The van der Waals surface area contributed by atoms with Crippen LogP contribution < -0.4 is 21.1 Å². The maximum absolute atomic E-state index is 12.9. The van der Waals surface area contributed by atoms with E-state index in [4.69, 9.17) is 10.5 Å². The lowest BCUT2D eigenvalue weighted by atomic mass is 10.0. The second-order valence-electron chi connectivity index (χ2n) is 8.97. The van der Waals surface area contributed by atoms with Gasteiger partial charge in [0, 0.05) is 18.4 Å². The highest BCUT2D eigenvalue weighted by atomic mass is 16.5. The molecule has 4 N–H and O–H groups in total. The van der Waals surface area contributed by atoms with E-state index in [1.807, 2.05) is 75.4 Å². The summed E-state index contributed by atoms with van der Waals surface area (Å²) in [4.78, 5) is 36.6. The second kappa shape index (κ2) is 13.4. The van der Waals surface area contributed by atoms with Crippen molar-refractivity contribution in [3.8, 4) is 5.75 Å². The van der Waals surface area contributed by atoms with Crippen molar-refractivity contribution in [1.82, 2.24) is 10.6 Å². The van der Waals surface area contributed by atoms with Gasteiger partial charge in [-0.2, -0.15) is 0 Å². The number of hydrogen-bond donors (Lipinski definition) is 3. The Morgan fingerprint density at radius 2 is 1.56 bits per heavy atom. The summed E-state index contributed by atoms with van der Waals surface area (Å²) in [5.41, 5.74) is 7.22. The summed E-state index contributed by atoms with van der Waals surface area (Å²) in [6.45, 7) is 8.09. The fourth-order valence-electron chi connectivity index (χ4n) is 3.03. The fourth-order valence-corrected chi connectivity index (χ4v) is 3.03. The van der Waals surface area contributed by atoms with E-state index in [9.17, 15) is 14.4 Å². The number of carbonyl (C=O) groups is 3. The van der Waals surface area contributed by atoms with E-state index in [0.29, 0.717) is 13.0 Å². The van der Waals surface area contributed by atoms with E-state index in [2.05, 4.69) is 10.6 Å². The summed E-state index contributed by atoms with van der Waals surface area (Å²) in [7, 11) is 0. The maximum Gasteiger partial charge on any atom is 0.243 e. The Morgan fingerprint density at radius 1 is 0.912 bits per heavy atom. The molecule has 183 valence electrons. The van der Waals surface area contributed by atoms with Crippen molar-refractivity contribution in [3.63, 3.8) is 0 Å². The van der Waals surface area contributed by atoms with Gasteiger partial charge in [-0.3, -0.25) is 14.4 Å². The van der Waals surface area contributed by atoms with Crippen molar-refractivity contribution in [2.45, 2.75) is 59.2 Å². The Balaban J connectivity index is 2.02. The molecule has 0 aromatic heterocycles. The average molecular weight is 467 g/mol. The minimum absolute atomic E-state index is 0.0421. The Bertz CT molecular complexity index is 929. The lowest BCUT2D eigenvalue weighted by Crippen LogP contribution is -2.51. The molecule has 0 aliphatic carbocycles. The molecule has 3 unspecified atom stereocenters. The number of nitrogens with one attached hydrogen (secondary N) is 2. The molecule has 0 aliphatic rings. The number of nitrogens with two attached hydrogens (primary N) is 1. The first-order valence-electron chi connectivity index (χ1n) is 11.6. The summed E-state index contributed by atoms with van der Waals surface area (Å²) in [6.07, 6.45) is 1.90. The first-order valence-corrected chi connectivity index (χ1v) is 11.6. The lowest BCUT2D eigenvalue weighted by molar-refractivity contribution is -0.128. The van der Waals surface area contributed by atoms with Gasteiger partial charge in [0.25, 0.3) is 0 Å². The third kappa shape index (κ3) is 9.25. The number of carbonyl (C=O) groups excluding carboxylic acids is 3. The predicted octanol–water partition coefficient (Wildman–Crippen LogP) is 3.17. The minimum Gasteiger partial charge on any atom is -0.489 e. The van der Waals surface area contributed by atoms with Crippen molar-refractivity contribution in [1.29, 1.82) is 0 Å². The van der Waals surface area contributed by atoms with Crippen LogP contribution in [0.5, 0.6) is 5.75 Å². The predicted molar refractivity (Wildman–Crippen MR) is 133 cm³/mol. The summed E-state index contributed by atoms with van der Waals surface area (Å²) >= 11 is 0. The van der Waals surface area contributed by atoms with Crippen LogP contribution in [-0.2, 0) is 27.4 Å². The highest BCUT2D eigenvalue weighted by Gasteiger charge is 2.24. The van der Waals surface area contributed by atoms with Gasteiger partial charge in [-0.05, 0) is 42.5 Å². The first kappa shape index (κ1) is 26.9. The zero-order valence-electron chi connectivity index (χ0n) is 20.4. The molecular formula is C27H36N3O4. The van der Waals surface area contributed by atoms with Crippen LogP contribution in [0.1, 0.15) is 45.2 Å². The molecule has 7 heteroatoms. The van der Waals surface area contributed by atoms with Crippen molar-refractivity contribution in [2.24, 2.45) is 17.6 Å². The van der Waals surface area contributed by atoms with Crippen LogP contribution >= 0.6 is 0 Å². The van der Waals surface area contributed by atoms with Gasteiger partial charge in [0.2, 0.25) is 17.7 Å². The number of benzene rings is 2. The normalized spacial score (nSPS) is 13.6. The van der Waals surface area contributed by atoms with Gasteiger partial charge >= 0.3 is 0 Å². The van der Waals surface area contributed by atoms with E-state index in [1.54, 1.807) is 6.92 Å². The molecule has 2 aromatic carbocycles. The molecule has 34 heavy (non-hydrogen) atoms. The standard InChI is InChI=1S/C27H36N3O4/c1-18(2)20(4)29-27(33)24(30-25(31)15-10-19(3)26(28)32)16-21-11-13-23(14-12-21)34-17-22-8-6-5-7-9-22/h5-9,11-15,18-20,24H,10,16-17H2,1-4H3,(H2,28,32)(H,29,33)(H,30,31). The fraction of sp³-hybridized carbons (Fsp3) is 0.407. The smallest absolute Gasteiger partial charge is 0.243 e. The Kier molecular flexibility index (Phi) is 10.6. The van der Waals surface area contributed by atoms with Crippen LogP contribution in [0.2, 0.25) is 0 Å². The number of rotatable bonds is 13. The van der Waals surface area contributed by atoms with Crippen LogP contribution in [0.3, 0.4) is 0 Å². The monoisotopic (exact) mass is 466 g/mol. The zero-order chi connectivity index (χ0) is 25.1. The van der Waals surface area contributed by atoms with Crippen molar-refractivity contribution in [3.05, 3.63) is 72.1 Å². The SMILES string of the molecule is CC(C[CH]C(=O)NC(Cc1ccc(OCc2ccccc2)cc1)C(=O)NC(C)C(C)C)C(N)=O. The van der Waals surface area contributed by atoms with E-state index >= 15 is 0 Å². The molecule has 0 fully saturated rings. The van der Waals surface area contributed by atoms with Gasteiger partial charge in [0.1, 0.15) is 18.4 Å². The minimum atomic E-state index is -0.759. The number of primary amides is 1. The molecule has 7 nitrogen and oxygen atoms in total. The Hall–Kier alpha value is -3.35. The second-order valence-corrected chi connectivity index (χ2v) is 8.97. The highest BCUT2D eigenvalue weighted by Crippen LogP contribution is 2.16. The largest absolute Gasteiger partial charge is 0.489 e. The van der Waals surface area contributed by atoms with Gasteiger partial charge in [0.15, 0.2) is 0 Å². The van der Waals surface area contributed by atoms with Crippen molar-refractivity contribution < 1.29 is 19.1 Å². The van der Waals surface area contributed by atoms with Crippen LogP contribution in [0.25, 0.3) is 0 Å². The van der Waals surface area contributed by atoms with Gasteiger partial charge in [-0.15, -0.1) is 0 Å². The third-order valence-electron chi connectivity index (χ3n) is 5.76. The Morgan fingerprint density at radius 3 is 2.15 bits per heavy atom. The van der Waals surface area contributed by atoms with Gasteiger partial charge < -0.3 is 21.1 Å². The molecule has 0 bridgehead atoms. The molecule has 3 amide bonds. The van der Waals surface area contributed by atoms with Crippen molar-refractivity contribution >= 4 is 17.7 Å².